The largest absolute Gasteiger partial charge is 0.481 e. The Kier molecular flexibility index (Phi) is 2.10. The summed E-state index contributed by atoms with van der Waals surface area (Å²) in [7, 11) is 0. The molecule has 0 aliphatic heterocycles. The maximum absolute atomic E-state index is 10.4. The van der Waals surface area contributed by atoms with E-state index in [-0.39, 0.29) is 5.92 Å². The molecular formula is C8H12O2. The van der Waals surface area contributed by atoms with E-state index in [4.69, 9.17) is 5.11 Å². The number of carboxylic acid groups (broad SMARTS) is 1. The van der Waals surface area contributed by atoms with Crippen LogP contribution in [0, 0.1) is 5.92 Å². The van der Waals surface area contributed by atoms with Gasteiger partial charge in [0, 0.05) is 0 Å². The van der Waals surface area contributed by atoms with Gasteiger partial charge in [-0.2, -0.15) is 0 Å². The van der Waals surface area contributed by atoms with Gasteiger partial charge in [0.1, 0.15) is 0 Å². The van der Waals surface area contributed by atoms with Crippen LogP contribution in [0.25, 0.3) is 0 Å². The molecular weight excluding hydrogens is 128 g/mol. The van der Waals surface area contributed by atoms with Crippen LogP contribution < -0.4 is 0 Å². The van der Waals surface area contributed by atoms with Gasteiger partial charge in [-0.3, -0.25) is 4.79 Å². The van der Waals surface area contributed by atoms with E-state index in [0.717, 1.165) is 19.3 Å². The van der Waals surface area contributed by atoms with Crippen molar-refractivity contribution in [3.8, 4) is 0 Å². The lowest BCUT2D eigenvalue weighted by Gasteiger charge is -1.98. The quantitative estimate of drug-likeness (QED) is 0.564. The Balaban J connectivity index is 2.51. The maximum atomic E-state index is 10.4. The van der Waals surface area contributed by atoms with Gasteiger partial charge in [0.05, 0.1) is 5.92 Å². The first kappa shape index (κ1) is 7.32. The minimum atomic E-state index is -0.642. The second-order valence-electron chi connectivity index (χ2n) is 2.72. The molecule has 1 rings (SSSR count). The topological polar surface area (TPSA) is 37.3 Å². The van der Waals surface area contributed by atoms with Crippen molar-refractivity contribution in [1.29, 1.82) is 0 Å². The molecule has 10 heavy (non-hydrogen) atoms. The van der Waals surface area contributed by atoms with E-state index in [2.05, 4.69) is 0 Å². The molecule has 0 radical (unpaired) electrons. The first-order valence-corrected chi connectivity index (χ1v) is 3.61. The Bertz CT molecular complexity index is 170. The first-order chi connectivity index (χ1) is 4.74. The molecule has 0 aromatic rings. The van der Waals surface area contributed by atoms with E-state index in [1.807, 2.05) is 13.0 Å². The summed E-state index contributed by atoms with van der Waals surface area (Å²) in [6.45, 7) is 1.97. The Labute approximate surface area is 60.6 Å². The van der Waals surface area contributed by atoms with Gasteiger partial charge in [0.15, 0.2) is 0 Å². The fourth-order valence-corrected chi connectivity index (χ4v) is 1.35. The zero-order chi connectivity index (χ0) is 7.56. The number of carboxylic acids is 1. The zero-order valence-corrected chi connectivity index (χ0v) is 6.13. The van der Waals surface area contributed by atoms with Crippen LogP contribution >= 0.6 is 0 Å². The molecule has 1 fully saturated rings. The number of allylic oxidation sites excluding steroid dienone is 2. The minimum absolute atomic E-state index is 0.105. The van der Waals surface area contributed by atoms with Crippen LogP contribution in [-0.2, 0) is 4.79 Å². The van der Waals surface area contributed by atoms with Crippen LogP contribution in [0.15, 0.2) is 11.6 Å². The van der Waals surface area contributed by atoms with Crippen molar-refractivity contribution in [3.05, 3.63) is 11.6 Å². The van der Waals surface area contributed by atoms with Gasteiger partial charge in [-0.25, -0.2) is 0 Å². The fraction of sp³-hybridized carbons (Fsp3) is 0.625. The highest BCUT2D eigenvalue weighted by Crippen LogP contribution is 2.29. The normalized spacial score (nSPS) is 29.3. The highest BCUT2D eigenvalue weighted by atomic mass is 16.4. The van der Waals surface area contributed by atoms with E-state index in [1.54, 1.807) is 0 Å². The molecule has 1 aliphatic carbocycles. The molecule has 0 heterocycles. The first-order valence-electron chi connectivity index (χ1n) is 3.61. The summed E-state index contributed by atoms with van der Waals surface area (Å²) in [5.41, 5.74) is 1.30. The Morgan fingerprint density at radius 2 is 2.50 bits per heavy atom. The van der Waals surface area contributed by atoms with E-state index >= 15 is 0 Å². The van der Waals surface area contributed by atoms with Crippen LogP contribution in [0.3, 0.4) is 0 Å². The molecule has 0 saturated heterocycles. The second-order valence-corrected chi connectivity index (χ2v) is 2.72. The summed E-state index contributed by atoms with van der Waals surface area (Å²) in [6, 6.07) is 0. The third kappa shape index (κ3) is 1.38. The molecule has 2 nitrogen and oxygen atoms in total. The van der Waals surface area contributed by atoms with Gasteiger partial charge >= 0.3 is 5.97 Å². The van der Waals surface area contributed by atoms with E-state index < -0.39 is 5.97 Å². The van der Waals surface area contributed by atoms with Crippen molar-refractivity contribution in [2.24, 2.45) is 5.92 Å². The molecule has 0 unspecified atom stereocenters. The molecule has 0 aromatic heterocycles. The maximum Gasteiger partial charge on any atom is 0.306 e. The van der Waals surface area contributed by atoms with Crippen LogP contribution in [0.2, 0.25) is 0 Å². The predicted octanol–water partition coefficient (Wildman–Crippen LogP) is 1.82. The number of rotatable bonds is 1. The molecule has 0 aromatic carbocycles. The molecule has 1 saturated carbocycles. The molecule has 0 amide bonds. The molecule has 56 valence electrons. The SMILES string of the molecule is C/C=C1/CC[C@H](C(=O)O)C1. The number of aliphatic carboxylic acids is 1. The Morgan fingerprint density at radius 3 is 2.80 bits per heavy atom. The third-order valence-electron chi connectivity index (χ3n) is 2.08. The highest BCUT2D eigenvalue weighted by molar-refractivity contribution is 5.71. The van der Waals surface area contributed by atoms with Gasteiger partial charge in [-0.05, 0) is 26.2 Å². The molecule has 1 atom stereocenters. The van der Waals surface area contributed by atoms with Crippen LogP contribution in [0.1, 0.15) is 26.2 Å². The number of hydrogen-bond acceptors (Lipinski definition) is 1. The minimum Gasteiger partial charge on any atom is -0.481 e. The summed E-state index contributed by atoms with van der Waals surface area (Å²) in [6.07, 6.45) is 4.61. The van der Waals surface area contributed by atoms with Gasteiger partial charge in [0.2, 0.25) is 0 Å². The summed E-state index contributed by atoms with van der Waals surface area (Å²) in [4.78, 5) is 10.4. The van der Waals surface area contributed by atoms with Gasteiger partial charge in [0.25, 0.3) is 0 Å². The summed E-state index contributed by atoms with van der Waals surface area (Å²) in [5, 5.41) is 8.60. The van der Waals surface area contributed by atoms with Crippen molar-refractivity contribution in [1.82, 2.24) is 0 Å². The Hall–Kier alpha value is -0.790. The van der Waals surface area contributed by atoms with E-state index in [9.17, 15) is 4.79 Å². The van der Waals surface area contributed by atoms with Crippen molar-refractivity contribution in [2.45, 2.75) is 26.2 Å². The van der Waals surface area contributed by atoms with Gasteiger partial charge < -0.3 is 5.11 Å². The van der Waals surface area contributed by atoms with E-state index in [0.29, 0.717) is 0 Å². The van der Waals surface area contributed by atoms with Crippen molar-refractivity contribution in [3.63, 3.8) is 0 Å². The lowest BCUT2D eigenvalue weighted by Crippen LogP contribution is -2.08. The summed E-state index contributed by atoms with van der Waals surface area (Å²) >= 11 is 0. The average Bonchev–Trinajstić information content (AvgIpc) is 2.34. The zero-order valence-electron chi connectivity index (χ0n) is 6.13. The van der Waals surface area contributed by atoms with Crippen LogP contribution in [0.5, 0.6) is 0 Å². The molecule has 0 spiro atoms. The number of carbonyl (C=O) groups is 1. The van der Waals surface area contributed by atoms with Crippen LogP contribution in [0.4, 0.5) is 0 Å². The van der Waals surface area contributed by atoms with Crippen molar-refractivity contribution in [2.75, 3.05) is 0 Å². The molecule has 1 aliphatic rings. The Morgan fingerprint density at radius 1 is 1.80 bits per heavy atom. The van der Waals surface area contributed by atoms with Gasteiger partial charge in [-0.1, -0.05) is 11.6 Å². The molecule has 2 heteroatoms. The van der Waals surface area contributed by atoms with E-state index in [1.165, 1.54) is 5.57 Å². The number of hydrogen-bond donors (Lipinski definition) is 1. The average molecular weight is 140 g/mol. The lowest BCUT2D eigenvalue weighted by atomic mass is 10.1. The fourth-order valence-electron chi connectivity index (χ4n) is 1.35. The summed E-state index contributed by atoms with van der Waals surface area (Å²) < 4.78 is 0. The predicted molar refractivity (Wildman–Crippen MR) is 38.7 cm³/mol. The monoisotopic (exact) mass is 140 g/mol. The third-order valence-corrected chi connectivity index (χ3v) is 2.08. The summed E-state index contributed by atoms with van der Waals surface area (Å²) in [5.74, 6) is -0.747. The molecule has 1 N–H and O–H groups in total. The molecule has 0 bridgehead atoms. The lowest BCUT2D eigenvalue weighted by molar-refractivity contribution is -0.141. The smallest absolute Gasteiger partial charge is 0.306 e. The van der Waals surface area contributed by atoms with Crippen LogP contribution in [-0.4, -0.2) is 11.1 Å². The van der Waals surface area contributed by atoms with Crippen molar-refractivity contribution >= 4 is 5.97 Å². The van der Waals surface area contributed by atoms with Gasteiger partial charge in [-0.15, -0.1) is 0 Å². The second kappa shape index (κ2) is 2.86. The highest BCUT2D eigenvalue weighted by Gasteiger charge is 2.24. The van der Waals surface area contributed by atoms with Crippen molar-refractivity contribution < 1.29 is 9.90 Å². The standard InChI is InChI=1S/C8H12O2/c1-2-6-3-4-7(5-6)8(9)10/h2,7H,3-5H2,1H3,(H,9,10)/b6-2-/t7-/m0/s1.